The van der Waals surface area contributed by atoms with Crippen LogP contribution in [0.15, 0.2) is 30.5 Å². The number of hydrogen-bond acceptors (Lipinski definition) is 9. The molecule has 30 heavy (non-hydrogen) atoms. The molecule has 4 atom stereocenters. The Morgan fingerprint density at radius 3 is 2.57 bits per heavy atom. The third-order valence-corrected chi connectivity index (χ3v) is 5.02. The Labute approximate surface area is 171 Å². The van der Waals surface area contributed by atoms with Gasteiger partial charge >= 0.3 is 12.1 Å². The minimum Gasteiger partial charge on any atom is -0.464 e. The molecule has 2 aliphatic heterocycles. The molecule has 11 heteroatoms. The number of benzene rings is 1. The average Bonchev–Trinajstić information content (AvgIpc) is 3.45. The summed E-state index contributed by atoms with van der Waals surface area (Å²) in [5, 5.41) is 10.4. The van der Waals surface area contributed by atoms with Crippen molar-refractivity contribution in [2.24, 2.45) is 0 Å². The van der Waals surface area contributed by atoms with E-state index >= 15 is 0 Å². The van der Waals surface area contributed by atoms with Crippen LogP contribution in [-0.2, 0) is 18.9 Å². The van der Waals surface area contributed by atoms with Crippen molar-refractivity contribution in [1.82, 2.24) is 15.0 Å². The van der Waals surface area contributed by atoms with Crippen molar-refractivity contribution in [3.8, 4) is 0 Å². The molecule has 0 radical (unpaired) electrons. The van der Waals surface area contributed by atoms with Crippen LogP contribution >= 0.6 is 0 Å². The number of fused-ring (bicyclic) bond motifs is 1. The number of nitrogens with zero attached hydrogens (tertiary/aromatic N) is 3. The Morgan fingerprint density at radius 2 is 1.87 bits per heavy atom. The summed E-state index contributed by atoms with van der Waals surface area (Å²) in [5.74, 6) is -0.643. The second-order valence-electron chi connectivity index (χ2n) is 6.94. The zero-order chi connectivity index (χ0) is 21.3. The molecule has 158 valence electrons. The maximum absolute atomic E-state index is 12.2. The Bertz CT molecular complexity index is 958. The summed E-state index contributed by atoms with van der Waals surface area (Å²) >= 11 is 0. The Kier molecular flexibility index (Phi) is 5.46. The SMILES string of the molecule is COC(=O)c1cn([C@H]2CO[C@H]3[C@H]2OC[C@@H]3OC(=O)Nc2ccc(C(C)=O)cc2)nn1. The number of hydrogen-bond donors (Lipinski definition) is 1. The van der Waals surface area contributed by atoms with Gasteiger partial charge in [0, 0.05) is 11.3 Å². The highest BCUT2D eigenvalue weighted by molar-refractivity contribution is 5.95. The molecule has 0 aliphatic carbocycles. The fourth-order valence-corrected chi connectivity index (χ4v) is 3.48. The van der Waals surface area contributed by atoms with Crippen LogP contribution in [0, 0.1) is 0 Å². The van der Waals surface area contributed by atoms with E-state index in [1.54, 1.807) is 24.3 Å². The number of Topliss-reactive ketones (excluding diaryl/α,β-unsaturated/α-hetero) is 1. The van der Waals surface area contributed by atoms with E-state index in [2.05, 4.69) is 20.4 Å². The van der Waals surface area contributed by atoms with E-state index in [1.807, 2.05) is 0 Å². The monoisotopic (exact) mass is 416 g/mol. The predicted molar refractivity (Wildman–Crippen MR) is 100 cm³/mol. The highest BCUT2D eigenvalue weighted by atomic mass is 16.6. The van der Waals surface area contributed by atoms with Crippen molar-refractivity contribution in [3.63, 3.8) is 0 Å². The summed E-state index contributed by atoms with van der Waals surface area (Å²) in [4.78, 5) is 35.1. The standard InChI is InChI=1S/C19H20N4O7/c1-10(24)11-3-5-12(6-4-11)20-19(26)30-15-9-29-16-14(8-28-17(15)16)23-7-13(21-22-23)18(25)27-2/h3-7,14-17H,8-9H2,1-2H3,(H,20,26)/t14-,15-,16-,17+/m0/s1. The summed E-state index contributed by atoms with van der Waals surface area (Å²) in [7, 11) is 1.26. The molecule has 0 spiro atoms. The maximum atomic E-state index is 12.2. The molecule has 0 unspecified atom stereocenters. The second kappa shape index (κ2) is 8.20. The lowest BCUT2D eigenvalue weighted by molar-refractivity contribution is 0.00770. The number of methoxy groups -OCH3 is 1. The number of ketones is 1. The average molecular weight is 416 g/mol. The van der Waals surface area contributed by atoms with Crippen molar-refractivity contribution in [2.75, 3.05) is 25.6 Å². The molecule has 2 aliphatic rings. The maximum Gasteiger partial charge on any atom is 0.412 e. The predicted octanol–water partition coefficient (Wildman–Crippen LogP) is 1.22. The first kappa shape index (κ1) is 20.0. The number of rotatable bonds is 5. The van der Waals surface area contributed by atoms with Gasteiger partial charge in [-0.25, -0.2) is 14.3 Å². The van der Waals surface area contributed by atoms with Gasteiger partial charge in [-0.15, -0.1) is 5.10 Å². The Hall–Kier alpha value is -3.31. The lowest BCUT2D eigenvalue weighted by Crippen LogP contribution is -2.34. The van der Waals surface area contributed by atoms with E-state index in [-0.39, 0.29) is 30.7 Å². The number of aromatic nitrogens is 3. The van der Waals surface area contributed by atoms with Gasteiger partial charge in [-0.1, -0.05) is 5.21 Å². The van der Waals surface area contributed by atoms with Gasteiger partial charge in [-0.2, -0.15) is 0 Å². The summed E-state index contributed by atoms with van der Waals surface area (Å²) in [5.41, 5.74) is 1.14. The number of amides is 1. The largest absolute Gasteiger partial charge is 0.464 e. The molecule has 1 aromatic heterocycles. The quantitative estimate of drug-likeness (QED) is 0.564. The highest BCUT2D eigenvalue weighted by Crippen LogP contribution is 2.35. The van der Waals surface area contributed by atoms with E-state index in [1.165, 1.54) is 24.9 Å². The number of esters is 1. The topological polar surface area (TPSA) is 131 Å². The number of carbonyl (C=O) groups is 3. The third kappa shape index (κ3) is 3.89. The smallest absolute Gasteiger partial charge is 0.412 e. The van der Waals surface area contributed by atoms with Crippen LogP contribution in [0.3, 0.4) is 0 Å². The molecule has 1 aromatic carbocycles. The first-order valence-corrected chi connectivity index (χ1v) is 9.28. The molecule has 2 aromatic rings. The minimum atomic E-state index is -0.652. The molecule has 2 fully saturated rings. The minimum absolute atomic E-state index is 0.0581. The lowest BCUT2D eigenvalue weighted by Gasteiger charge is -2.17. The van der Waals surface area contributed by atoms with Gasteiger partial charge < -0.3 is 18.9 Å². The van der Waals surface area contributed by atoms with Crippen molar-refractivity contribution in [2.45, 2.75) is 31.3 Å². The van der Waals surface area contributed by atoms with Crippen LogP contribution in [0.4, 0.5) is 10.5 Å². The third-order valence-electron chi connectivity index (χ3n) is 5.02. The van der Waals surface area contributed by atoms with Crippen molar-refractivity contribution < 1.29 is 33.3 Å². The van der Waals surface area contributed by atoms with Gasteiger partial charge in [0.1, 0.15) is 18.2 Å². The van der Waals surface area contributed by atoms with Crippen LogP contribution in [0.5, 0.6) is 0 Å². The van der Waals surface area contributed by atoms with E-state index in [0.29, 0.717) is 11.3 Å². The van der Waals surface area contributed by atoms with E-state index < -0.39 is 30.4 Å². The molecule has 0 saturated carbocycles. The van der Waals surface area contributed by atoms with Crippen LogP contribution in [0.25, 0.3) is 0 Å². The van der Waals surface area contributed by atoms with Crippen molar-refractivity contribution in [1.29, 1.82) is 0 Å². The second-order valence-corrected chi connectivity index (χ2v) is 6.94. The van der Waals surface area contributed by atoms with Crippen molar-refractivity contribution in [3.05, 3.63) is 41.7 Å². The molecule has 2 saturated heterocycles. The van der Waals surface area contributed by atoms with Crippen LogP contribution in [0.2, 0.25) is 0 Å². The summed E-state index contributed by atoms with van der Waals surface area (Å²) in [6, 6.07) is 6.18. The highest BCUT2D eigenvalue weighted by Gasteiger charge is 2.50. The van der Waals surface area contributed by atoms with Crippen LogP contribution in [0.1, 0.15) is 33.8 Å². The fraction of sp³-hybridized carbons (Fsp3) is 0.421. The Balaban J connectivity index is 1.35. The molecule has 3 heterocycles. The van der Waals surface area contributed by atoms with Crippen molar-refractivity contribution >= 4 is 23.5 Å². The van der Waals surface area contributed by atoms with Crippen LogP contribution in [-0.4, -0.2) is 71.5 Å². The number of ether oxygens (including phenoxy) is 4. The number of carbonyl (C=O) groups excluding carboxylic acids is 3. The molecular weight excluding hydrogens is 396 g/mol. The summed E-state index contributed by atoms with van der Waals surface area (Å²) < 4.78 is 23.1. The van der Waals surface area contributed by atoms with Gasteiger partial charge in [0.2, 0.25) is 0 Å². The van der Waals surface area contributed by atoms with Gasteiger partial charge in [0.05, 0.1) is 26.5 Å². The summed E-state index contributed by atoms with van der Waals surface area (Å²) in [6.07, 6.45) is -0.644. The van der Waals surface area contributed by atoms with E-state index in [4.69, 9.17) is 14.2 Å². The van der Waals surface area contributed by atoms with E-state index in [0.717, 1.165) is 0 Å². The molecular formula is C19H20N4O7. The molecule has 0 bridgehead atoms. The zero-order valence-electron chi connectivity index (χ0n) is 16.3. The first-order chi connectivity index (χ1) is 14.5. The first-order valence-electron chi connectivity index (χ1n) is 9.28. The van der Waals surface area contributed by atoms with Gasteiger partial charge in [-0.3, -0.25) is 10.1 Å². The Morgan fingerprint density at radius 1 is 1.13 bits per heavy atom. The normalized spacial score (nSPS) is 24.9. The van der Waals surface area contributed by atoms with Gasteiger partial charge in [0.25, 0.3) is 0 Å². The van der Waals surface area contributed by atoms with Crippen LogP contribution < -0.4 is 5.32 Å². The number of anilines is 1. The molecule has 4 rings (SSSR count). The fourth-order valence-electron chi connectivity index (χ4n) is 3.48. The van der Waals surface area contributed by atoms with Gasteiger partial charge in [-0.05, 0) is 31.2 Å². The van der Waals surface area contributed by atoms with Gasteiger partial charge in [0.15, 0.2) is 17.6 Å². The molecule has 1 amide bonds. The summed E-state index contributed by atoms with van der Waals surface area (Å²) in [6.45, 7) is 1.91. The van der Waals surface area contributed by atoms with E-state index in [9.17, 15) is 14.4 Å². The molecule has 1 N–H and O–H groups in total. The molecule has 11 nitrogen and oxygen atoms in total. The zero-order valence-corrected chi connectivity index (χ0v) is 16.3. The lowest BCUT2D eigenvalue weighted by atomic mass is 10.1. The number of nitrogens with one attached hydrogen (secondary N) is 1.